The van der Waals surface area contributed by atoms with Gasteiger partial charge in [0, 0.05) is 30.1 Å². The van der Waals surface area contributed by atoms with Gasteiger partial charge in [0.1, 0.15) is 0 Å². The Morgan fingerprint density at radius 2 is 1.75 bits per heavy atom. The first-order chi connectivity index (χ1) is 11.4. The molecular weight excluding hydrogens is 306 g/mol. The molecular formula is C17H21N5O2. The van der Waals surface area contributed by atoms with Gasteiger partial charge >= 0.3 is 0 Å². The number of nitro groups is 1. The van der Waals surface area contributed by atoms with E-state index in [1.54, 1.807) is 12.1 Å². The van der Waals surface area contributed by atoms with Crippen molar-refractivity contribution in [3.05, 3.63) is 63.7 Å². The summed E-state index contributed by atoms with van der Waals surface area (Å²) in [5, 5.41) is 16.8. The summed E-state index contributed by atoms with van der Waals surface area (Å²) >= 11 is 0. The molecule has 126 valence electrons. The average molecular weight is 327 g/mol. The number of guanidine groups is 1. The molecule has 4 N–H and O–H groups in total. The number of rotatable bonds is 6. The van der Waals surface area contributed by atoms with Crippen LogP contribution in [0.25, 0.3) is 0 Å². The molecule has 2 rings (SSSR count). The number of aliphatic imine (C=N–C) groups is 1. The van der Waals surface area contributed by atoms with Crippen LogP contribution in [0, 0.1) is 24.0 Å². The molecule has 0 aliphatic heterocycles. The SMILES string of the molecule is Cc1cc(C)cc(NC(N)=NCCNc2ccc([N+](=O)[O-])cc2)c1. The van der Waals surface area contributed by atoms with Gasteiger partial charge in [-0.25, -0.2) is 0 Å². The molecule has 0 saturated heterocycles. The molecule has 0 heterocycles. The second kappa shape index (κ2) is 7.96. The van der Waals surface area contributed by atoms with Crippen molar-refractivity contribution in [3.63, 3.8) is 0 Å². The van der Waals surface area contributed by atoms with Gasteiger partial charge in [0.05, 0.1) is 11.5 Å². The molecule has 0 bridgehead atoms. The smallest absolute Gasteiger partial charge is 0.269 e. The Labute approximate surface area is 140 Å². The maximum atomic E-state index is 10.6. The van der Waals surface area contributed by atoms with Crippen molar-refractivity contribution in [2.75, 3.05) is 23.7 Å². The molecule has 2 aromatic carbocycles. The molecule has 0 aromatic heterocycles. The van der Waals surface area contributed by atoms with Crippen LogP contribution in [0.4, 0.5) is 17.1 Å². The molecule has 2 aromatic rings. The Morgan fingerprint density at radius 3 is 2.33 bits per heavy atom. The zero-order valence-corrected chi connectivity index (χ0v) is 13.7. The van der Waals surface area contributed by atoms with E-state index in [0.717, 1.165) is 22.5 Å². The lowest BCUT2D eigenvalue weighted by Gasteiger charge is -2.08. The first-order valence-corrected chi connectivity index (χ1v) is 7.57. The topological polar surface area (TPSA) is 106 Å². The Bertz CT molecular complexity index is 721. The van der Waals surface area contributed by atoms with Crippen molar-refractivity contribution in [2.45, 2.75) is 13.8 Å². The number of nitrogens with zero attached hydrogens (tertiary/aromatic N) is 2. The number of aryl methyl sites for hydroxylation is 2. The van der Waals surface area contributed by atoms with Crippen LogP contribution in [0.2, 0.25) is 0 Å². The zero-order chi connectivity index (χ0) is 17.5. The summed E-state index contributed by atoms with van der Waals surface area (Å²) < 4.78 is 0. The molecule has 0 atom stereocenters. The molecule has 0 unspecified atom stereocenters. The number of hydrogen-bond acceptors (Lipinski definition) is 4. The number of nitrogens with one attached hydrogen (secondary N) is 2. The van der Waals surface area contributed by atoms with Crippen molar-refractivity contribution >= 4 is 23.0 Å². The third kappa shape index (κ3) is 5.28. The number of anilines is 2. The van der Waals surface area contributed by atoms with Crippen LogP contribution in [0.15, 0.2) is 47.5 Å². The van der Waals surface area contributed by atoms with E-state index in [9.17, 15) is 10.1 Å². The van der Waals surface area contributed by atoms with E-state index >= 15 is 0 Å². The summed E-state index contributed by atoms with van der Waals surface area (Å²) in [5.41, 5.74) is 9.98. The van der Waals surface area contributed by atoms with E-state index in [2.05, 4.69) is 21.7 Å². The van der Waals surface area contributed by atoms with Gasteiger partial charge < -0.3 is 16.4 Å². The summed E-state index contributed by atoms with van der Waals surface area (Å²) in [4.78, 5) is 14.4. The summed E-state index contributed by atoms with van der Waals surface area (Å²) in [6.07, 6.45) is 0. The van der Waals surface area contributed by atoms with E-state index < -0.39 is 4.92 Å². The summed E-state index contributed by atoms with van der Waals surface area (Å²) in [6.45, 7) is 5.12. The van der Waals surface area contributed by atoms with Crippen LogP contribution in [0.1, 0.15) is 11.1 Å². The highest BCUT2D eigenvalue weighted by molar-refractivity contribution is 5.92. The average Bonchev–Trinajstić information content (AvgIpc) is 2.51. The van der Waals surface area contributed by atoms with Gasteiger partial charge in [-0.1, -0.05) is 6.07 Å². The maximum absolute atomic E-state index is 10.6. The number of benzene rings is 2. The minimum absolute atomic E-state index is 0.0699. The Hall–Kier alpha value is -3.09. The zero-order valence-electron chi connectivity index (χ0n) is 13.7. The van der Waals surface area contributed by atoms with Crippen molar-refractivity contribution in [2.24, 2.45) is 10.7 Å². The molecule has 24 heavy (non-hydrogen) atoms. The minimum Gasteiger partial charge on any atom is -0.383 e. The van der Waals surface area contributed by atoms with Crippen LogP contribution >= 0.6 is 0 Å². The second-order valence-corrected chi connectivity index (χ2v) is 5.50. The summed E-state index contributed by atoms with van der Waals surface area (Å²) in [6, 6.07) is 12.3. The second-order valence-electron chi connectivity index (χ2n) is 5.50. The largest absolute Gasteiger partial charge is 0.383 e. The Kier molecular flexibility index (Phi) is 5.73. The monoisotopic (exact) mass is 327 g/mol. The minimum atomic E-state index is -0.423. The lowest BCUT2D eigenvalue weighted by atomic mass is 10.1. The van der Waals surface area contributed by atoms with Crippen molar-refractivity contribution in [3.8, 4) is 0 Å². The van der Waals surface area contributed by atoms with Gasteiger partial charge in [0.2, 0.25) is 0 Å². The van der Waals surface area contributed by atoms with Crippen molar-refractivity contribution in [1.82, 2.24) is 0 Å². The van der Waals surface area contributed by atoms with Crippen LogP contribution in [0.3, 0.4) is 0 Å². The number of nitro benzene ring substituents is 1. The van der Waals surface area contributed by atoms with E-state index in [1.165, 1.54) is 12.1 Å². The molecule has 7 heteroatoms. The normalized spacial score (nSPS) is 11.2. The number of nitrogens with two attached hydrogens (primary N) is 1. The van der Waals surface area contributed by atoms with Crippen molar-refractivity contribution in [1.29, 1.82) is 0 Å². The van der Waals surface area contributed by atoms with Crippen molar-refractivity contribution < 1.29 is 4.92 Å². The lowest BCUT2D eigenvalue weighted by molar-refractivity contribution is -0.384. The first-order valence-electron chi connectivity index (χ1n) is 7.57. The van der Waals surface area contributed by atoms with Gasteiger partial charge in [-0.05, 0) is 49.2 Å². The molecule has 0 radical (unpaired) electrons. The Balaban J connectivity index is 1.81. The summed E-state index contributed by atoms with van der Waals surface area (Å²) in [5.74, 6) is 0.352. The fraction of sp³-hybridized carbons (Fsp3) is 0.235. The molecule has 0 amide bonds. The highest BCUT2D eigenvalue weighted by Gasteiger charge is 2.03. The lowest BCUT2D eigenvalue weighted by Crippen LogP contribution is -2.23. The molecule has 0 spiro atoms. The third-order valence-corrected chi connectivity index (χ3v) is 3.30. The van der Waals surface area contributed by atoms with E-state index in [0.29, 0.717) is 19.0 Å². The summed E-state index contributed by atoms with van der Waals surface area (Å²) in [7, 11) is 0. The first kappa shape index (κ1) is 17.3. The third-order valence-electron chi connectivity index (χ3n) is 3.30. The highest BCUT2D eigenvalue weighted by atomic mass is 16.6. The Morgan fingerprint density at radius 1 is 1.12 bits per heavy atom. The molecule has 0 saturated carbocycles. The quantitative estimate of drug-likeness (QED) is 0.249. The molecule has 0 aliphatic carbocycles. The highest BCUT2D eigenvalue weighted by Crippen LogP contribution is 2.15. The van der Waals surface area contributed by atoms with Gasteiger partial charge in [-0.2, -0.15) is 0 Å². The van der Waals surface area contributed by atoms with E-state index in [4.69, 9.17) is 5.73 Å². The standard InChI is InChI=1S/C17H21N5O2/c1-12-9-13(2)11-15(10-12)21-17(18)20-8-7-19-14-3-5-16(6-4-14)22(23)24/h3-6,9-11,19H,7-8H2,1-2H3,(H3,18,20,21). The van der Waals surface area contributed by atoms with Crippen LogP contribution in [-0.4, -0.2) is 24.0 Å². The van der Waals surface area contributed by atoms with E-state index in [-0.39, 0.29) is 5.69 Å². The van der Waals surface area contributed by atoms with Crippen LogP contribution < -0.4 is 16.4 Å². The van der Waals surface area contributed by atoms with Gasteiger partial charge in [0.15, 0.2) is 5.96 Å². The molecule has 7 nitrogen and oxygen atoms in total. The van der Waals surface area contributed by atoms with E-state index in [1.807, 2.05) is 26.0 Å². The van der Waals surface area contributed by atoms with Gasteiger partial charge in [-0.3, -0.25) is 15.1 Å². The van der Waals surface area contributed by atoms with Gasteiger partial charge in [0.25, 0.3) is 5.69 Å². The molecule has 0 fully saturated rings. The van der Waals surface area contributed by atoms with Crippen LogP contribution in [-0.2, 0) is 0 Å². The van der Waals surface area contributed by atoms with Crippen LogP contribution in [0.5, 0.6) is 0 Å². The fourth-order valence-electron chi connectivity index (χ4n) is 2.31. The predicted molar refractivity (Wildman–Crippen MR) is 97.6 cm³/mol. The molecule has 0 aliphatic rings. The maximum Gasteiger partial charge on any atom is 0.269 e. The number of non-ortho nitro benzene ring substituents is 1. The number of hydrogen-bond donors (Lipinski definition) is 3. The fourth-order valence-corrected chi connectivity index (χ4v) is 2.31. The predicted octanol–water partition coefficient (Wildman–Crippen LogP) is 3.05. The van der Waals surface area contributed by atoms with Gasteiger partial charge in [-0.15, -0.1) is 0 Å².